The topological polar surface area (TPSA) is 50.2 Å². The third kappa shape index (κ3) is 2.79. The highest BCUT2D eigenvalue weighted by atomic mass is 127. The molecule has 0 saturated carbocycles. The molecule has 0 aliphatic heterocycles. The van der Waals surface area contributed by atoms with Gasteiger partial charge in [-0.05, 0) is 34.7 Å². The lowest BCUT2D eigenvalue weighted by molar-refractivity contribution is -0.136. The molecule has 0 amide bonds. The van der Waals surface area contributed by atoms with Crippen molar-refractivity contribution in [2.75, 3.05) is 0 Å². The average Bonchev–Trinajstić information content (AvgIpc) is 2.65. The molecule has 1 heterocycles. The number of aromatic nitrogens is 1. The Morgan fingerprint density at radius 1 is 1.50 bits per heavy atom. The van der Waals surface area contributed by atoms with E-state index in [1.54, 1.807) is 0 Å². The number of carboxylic acid groups (broad SMARTS) is 1. The molecule has 0 aliphatic carbocycles. The fourth-order valence-corrected chi connectivity index (χ4v) is 2.64. The van der Waals surface area contributed by atoms with Crippen LogP contribution in [0.5, 0.6) is 0 Å². The van der Waals surface area contributed by atoms with E-state index in [-0.39, 0.29) is 6.42 Å². The Bertz CT molecular complexity index is 524. The zero-order valence-corrected chi connectivity index (χ0v) is 11.2. The molecule has 82 valence electrons. The highest BCUT2D eigenvalue weighted by Gasteiger charge is 2.07. The molecule has 0 bridgehead atoms. The summed E-state index contributed by atoms with van der Waals surface area (Å²) in [5.74, 6) is -0.844. The zero-order chi connectivity index (χ0) is 11.5. The quantitative estimate of drug-likeness (QED) is 0.870. The van der Waals surface area contributed by atoms with Crippen molar-refractivity contribution < 1.29 is 9.90 Å². The van der Waals surface area contributed by atoms with Gasteiger partial charge >= 0.3 is 5.97 Å². The summed E-state index contributed by atoms with van der Waals surface area (Å²) in [4.78, 5) is 14.8. The fraction of sp³-hybridized carbons (Fsp3) is 0.0909. The Kier molecular flexibility index (Phi) is 3.55. The number of carbonyl (C=O) groups is 1. The van der Waals surface area contributed by atoms with E-state index in [1.807, 2.05) is 29.6 Å². The first-order chi connectivity index (χ1) is 7.65. The molecule has 0 radical (unpaired) electrons. The second-order valence-corrected chi connectivity index (χ2v) is 5.40. The van der Waals surface area contributed by atoms with Crippen LogP contribution in [-0.2, 0) is 11.2 Å². The van der Waals surface area contributed by atoms with E-state index < -0.39 is 5.97 Å². The predicted molar refractivity (Wildman–Crippen MR) is 71.6 cm³/mol. The predicted octanol–water partition coefficient (Wildman–Crippen LogP) is 3.04. The summed E-state index contributed by atoms with van der Waals surface area (Å²) < 4.78 is 1.14. The number of aliphatic carboxylic acids is 1. The van der Waals surface area contributed by atoms with Gasteiger partial charge in [0.25, 0.3) is 0 Å². The number of rotatable bonds is 3. The van der Waals surface area contributed by atoms with Gasteiger partial charge in [0.2, 0.25) is 0 Å². The van der Waals surface area contributed by atoms with Crippen LogP contribution in [0.15, 0.2) is 29.6 Å². The van der Waals surface area contributed by atoms with E-state index in [9.17, 15) is 4.79 Å². The van der Waals surface area contributed by atoms with Crippen LogP contribution in [0.2, 0.25) is 0 Å². The Morgan fingerprint density at radius 3 is 3.00 bits per heavy atom. The molecular formula is C11H8INO2S. The smallest absolute Gasteiger partial charge is 0.310 e. The van der Waals surface area contributed by atoms with Crippen LogP contribution < -0.4 is 0 Å². The molecule has 0 spiro atoms. The lowest BCUT2D eigenvalue weighted by Crippen LogP contribution is -1.99. The molecular weight excluding hydrogens is 337 g/mol. The van der Waals surface area contributed by atoms with Crippen molar-refractivity contribution in [1.82, 2.24) is 4.98 Å². The van der Waals surface area contributed by atoms with Crippen molar-refractivity contribution in [2.24, 2.45) is 0 Å². The van der Waals surface area contributed by atoms with Gasteiger partial charge in [0.1, 0.15) is 5.01 Å². The van der Waals surface area contributed by atoms with Gasteiger partial charge in [0.05, 0.1) is 12.1 Å². The maximum absolute atomic E-state index is 10.5. The van der Waals surface area contributed by atoms with Crippen LogP contribution in [0.4, 0.5) is 0 Å². The molecule has 5 heteroatoms. The van der Waals surface area contributed by atoms with Crippen LogP contribution in [0, 0.1) is 3.57 Å². The largest absolute Gasteiger partial charge is 0.481 e. The van der Waals surface area contributed by atoms with Gasteiger partial charge in [-0.3, -0.25) is 4.79 Å². The van der Waals surface area contributed by atoms with E-state index >= 15 is 0 Å². The lowest BCUT2D eigenvalue weighted by atomic mass is 10.2. The van der Waals surface area contributed by atoms with Crippen molar-refractivity contribution in [2.45, 2.75) is 6.42 Å². The van der Waals surface area contributed by atoms with Gasteiger partial charge in [-0.2, -0.15) is 0 Å². The van der Waals surface area contributed by atoms with Crippen molar-refractivity contribution in [1.29, 1.82) is 0 Å². The summed E-state index contributed by atoms with van der Waals surface area (Å²) in [6, 6.07) is 7.98. The zero-order valence-electron chi connectivity index (χ0n) is 8.18. The summed E-state index contributed by atoms with van der Waals surface area (Å²) in [6.07, 6.45) is -0.00536. The molecule has 1 aromatic heterocycles. The molecule has 0 aliphatic rings. The van der Waals surface area contributed by atoms with Crippen molar-refractivity contribution >= 4 is 39.9 Å². The Hall–Kier alpha value is -0.950. The summed E-state index contributed by atoms with van der Waals surface area (Å²) in [6.45, 7) is 0. The van der Waals surface area contributed by atoms with Gasteiger partial charge in [0.15, 0.2) is 0 Å². The highest BCUT2D eigenvalue weighted by molar-refractivity contribution is 14.1. The summed E-state index contributed by atoms with van der Waals surface area (Å²) in [5, 5.41) is 11.2. The van der Waals surface area contributed by atoms with Crippen LogP contribution in [0.25, 0.3) is 11.3 Å². The number of hydrogen-bond acceptors (Lipinski definition) is 3. The average molecular weight is 345 g/mol. The second-order valence-electron chi connectivity index (χ2n) is 3.21. The molecule has 0 saturated heterocycles. The number of carboxylic acids is 1. The first-order valence-corrected chi connectivity index (χ1v) is 6.53. The Labute approximate surface area is 110 Å². The molecule has 2 rings (SSSR count). The first-order valence-electron chi connectivity index (χ1n) is 4.57. The molecule has 3 nitrogen and oxygen atoms in total. The van der Waals surface area contributed by atoms with E-state index in [4.69, 9.17) is 5.11 Å². The number of nitrogens with zero attached hydrogens (tertiary/aromatic N) is 1. The highest BCUT2D eigenvalue weighted by Crippen LogP contribution is 2.23. The molecule has 1 N–H and O–H groups in total. The number of halogens is 1. The number of thiazole rings is 1. The minimum Gasteiger partial charge on any atom is -0.481 e. The van der Waals surface area contributed by atoms with E-state index in [1.165, 1.54) is 11.3 Å². The normalized spacial score (nSPS) is 10.3. The molecule has 1 aromatic carbocycles. The fourth-order valence-electron chi connectivity index (χ4n) is 1.30. The summed E-state index contributed by atoms with van der Waals surface area (Å²) >= 11 is 3.62. The lowest BCUT2D eigenvalue weighted by Gasteiger charge is -1.96. The maximum Gasteiger partial charge on any atom is 0.310 e. The Morgan fingerprint density at radius 2 is 2.31 bits per heavy atom. The first kappa shape index (κ1) is 11.5. The van der Waals surface area contributed by atoms with Crippen molar-refractivity contribution in [3.8, 4) is 11.3 Å². The van der Waals surface area contributed by atoms with Crippen LogP contribution in [-0.4, -0.2) is 16.1 Å². The molecule has 2 aromatic rings. The Balaban J connectivity index is 2.28. The molecule has 16 heavy (non-hydrogen) atoms. The summed E-state index contributed by atoms with van der Waals surface area (Å²) in [5.41, 5.74) is 1.87. The SMILES string of the molecule is O=C(O)Cc1nc(-c2cccc(I)c2)cs1. The van der Waals surface area contributed by atoms with E-state index in [2.05, 4.69) is 27.6 Å². The minimum atomic E-state index is -0.844. The van der Waals surface area contributed by atoms with Gasteiger partial charge in [-0.1, -0.05) is 12.1 Å². The van der Waals surface area contributed by atoms with Gasteiger partial charge in [-0.15, -0.1) is 11.3 Å². The summed E-state index contributed by atoms with van der Waals surface area (Å²) in [7, 11) is 0. The van der Waals surface area contributed by atoms with Crippen molar-refractivity contribution in [3.05, 3.63) is 38.2 Å². The molecule has 0 unspecified atom stereocenters. The monoisotopic (exact) mass is 345 g/mol. The molecule has 0 fully saturated rings. The van der Waals surface area contributed by atoms with Crippen LogP contribution in [0.1, 0.15) is 5.01 Å². The molecule has 0 atom stereocenters. The third-order valence-electron chi connectivity index (χ3n) is 1.97. The van der Waals surface area contributed by atoms with Gasteiger partial charge < -0.3 is 5.11 Å². The minimum absolute atomic E-state index is 0.00536. The maximum atomic E-state index is 10.5. The van der Waals surface area contributed by atoms with Gasteiger partial charge in [0, 0.05) is 14.5 Å². The van der Waals surface area contributed by atoms with Crippen LogP contribution >= 0.6 is 33.9 Å². The van der Waals surface area contributed by atoms with Crippen LogP contribution in [0.3, 0.4) is 0 Å². The van der Waals surface area contributed by atoms with E-state index in [0.717, 1.165) is 14.8 Å². The van der Waals surface area contributed by atoms with Gasteiger partial charge in [-0.25, -0.2) is 4.98 Å². The van der Waals surface area contributed by atoms with Crippen molar-refractivity contribution in [3.63, 3.8) is 0 Å². The second kappa shape index (κ2) is 4.92. The third-order valence-corrected chi connectivity index (χ3v) is 3.49. The number of benzene rings is 1. The van der Waals surface area contributed by atoms with E-state index in [0.29, 0.717) is 5.01 Å². The number of hydrogen-bond donors (Lipinski definition) is 1. The standard InChI is InChI=1S/C11H8INO2S/c12-8-3-1-2-7(4-8)9-6-16-10(13-9)5-11(14)15/h1-4,6H,5H2,(H,14,15).